The maximum atomic E-state index is 12.0. The maximum absolute atomic E-state index is 12.0. The second kappa shape index (κ2) is 6.83. The van der Waals surface area contributed by atoms with Crippen molar-refractivity contribution in [3.8, 4) is 0 Å². The Morgan fingerprint density at radius 2 is 1.91 bits per heavy atom. The number of aryl methyl sites for hydroxylation is 1. The van der Waals surface area contributed by atoms with E-state index in [4.69, 9.17) is 9.52 Å². The van der Waals surface area contributed by atoms with Crippen molar-refractivity contribution in [2.75, 3.05) is 6.61 Å². The van der Waals surface area contributed by atoms with Crippen LogP contribution in [0.5, 0.6) is 0 Å². The monoisotopic (exact) mass is 304 g/mol. The molecule has 3 unspecified atom stereocenters. The molecule has 0 aliphatic heterocycles. The van der Waals surface area contributed by atoms with Crippen LogP contribution in [0.3, 0.4) is 0 Å². The Hall–Kier alpha value is -2.01. The molecule has 3 atom stereocenters. The number of aliphatic hydroxyl groups excluding tert-OH is 1. The van der Waals surface area contributed by atoms with E-state index < -0.39 is 0 Å². The second-order valence-electron chi connectivity index (χ2n) is 5.88. The summed E-state index contributed by atoms with van der Waals surface area (Å²) in [6.45, 7) is 7.69. The van der Waals surface area contributed by atoms with E-state index in [1.165, 1.54) is 0 Å². The van der Waals surface area contributed by atoms with Gasteiger partial charge < -0.3 is 20.2 Å². The SMILES string of the molecule is Cc1c(C(C)NC(=O)NC(C)C(C)CO)oc2ccccc12. The van der Waals surface area contributed by atoms with Crippen LogP contribution in [-0.2, 0) is 0 Å². The summed E-state index contributed by atoms with van der Waals surface area (Å²) in [5.41, 5.74) is 1.87. The third-order valence-corrected chi connectivity index (χ3v) is 4.12. The van der Waals surface area contributed by atoms with Gasteiger partial charge in [-0.25, -0.2) is 4.79 Å². The number of carbonyl (C=O) groups is 1. The summed E-state index contributed by atoms with van der Waals surface area (Å²) in [5.74, 6) is 0.771. The van der Waals surface area contributed by atoms with E-state index in [1.807, 2.05) is 52.0 Å². The number of nitrogens with one attached hydrogen (secondary N) is 2. The first-order valence-corrected chi connectivity index (χ1v) is 7.60. The van der Waals surface area contributed by atoms with Gasteiger partial charge in [-0.3, -0.25) is 0 Å². The van der Waals surface area contributed by atoms with Gasteiger partial charge in [0.2, 0.25) is 0 Å². The minimum absolute atomic E-state index is 0.00833. The maximum Gasteiger partial charge on any atom is 0.315 e. The van der Waals surface area contributed by atoms with Crippen molar-refractivity contribution in [2.45, 2.75) is 39.8 Å². The summed E-state index contributed by atoms with van der Waals surface area (Å²) in [6, 6.07) is 7.23. The molecule has 1 aromatic carbocycles. The van der Waals surface area contributed by atoms with Gasteiger partial charge in [-0.2, -0.15) is 0 Å². The fourth-order valence-electron chi connectivity index (χ4n) is 2.42. The summed E-state index contributed by atoms with van der Waals surface area (Å²) < 4.78 is 5.85. The zero-order valence-corrected chi connectivity index (χ0v) is 13.5. The Morgan fingerprint density at radius 3 is 2.55 bits per heavy atom. The third kappa shape index (κ3) is 3.42. The highest BCUT2D eigenvalue weighted by Gasteiger charge is 2.20. The van der Waals surface area contributed by atoms with Crippen LogP contribution in [0.15, 0.2) is 28.7 Å². The average Bonchev–Trinajstić information content (AvgIpc) is 2.84. The highest BCUT2D eigenvalue weighted by atomic mass is 16.3. The van der Waals surface area contributed by atoms with Gasteiger partial charge in [-0.1, -0.05) is 25.1 Å². The van der Waals surface area contributed by atoms with Crippen molar-refractivity contribution in [3.63, 3.8) is 0 Å². The van der Waals surface area contributed by atoms with Crippen molar-refractivity contribution in [2.24, 2.45) is 5.92 Å². The fraction of sp³-hybridized carbons (Fsp3) is 0.471. The zero-order valence-electron chi connectivity index (χ0n) is 13.5. The lowest BCUT2D eigenvalue weighted by atomic mass is 10.1. The van der Waals surface area contributed by atoms with E-state index in [9.17, 15) is 4.79 Å². The van der Waals surface area contributed by atoms with Gasteiger partial charge in [0, 0.05) is 23.6 Å². The molecule has 2 aromatic rings. The molecular formula is C17H24N2O3. The Balaban J connectivity index is 2.06. The summed E-state index contributed by atoms with van der Waals surface area (Å²) in [5, 5.41) is 15.9. The number of furan rings is 1. The molecule has 5 heteroatoms. The molecule has 2 amide bonds. The highest BCUT2D eigenvalue weighted by Crippen LogP contribution is 2.29. The molecule has 0 saturated heterocycles. The van der Waals surface area contributed by atoms with Crippen molar-refractivity contribution in [1.29, 1.82) is 0 Å². The quantitative estimate of drug-likeness (QED) is 0.794. The number of hydrogen-bond donors (Lipinski definition) is 3. The molecule has 1 heterocycles. The molecule has 0 saturated carbocycles. The minimum Gasteiger partial charge on any atom is -0.459 e. The van der Waals surface area contributed by atoms with E-state index in [0.29, 0.717) is 0 Å². The molecule has 0 spiro atoms. The molecule has 0 aliphatic carbocycles. The van der Waals surface area contributed by atoms with Crippen LogP contribution < -0.4 is 10.6 Å². The van der Waals surface area contributed by atoms with Crippen molar-refractivity contribution in [1.82, 2.24) is 10.6 Å². The van der Waals surface area contributed by atoms with Crippen LogP contribution in [-0.4, -0.2) is 23.8 Å². The Kier molecular flexibility index (Phi) is 5.08. The van der Waals surface area contributed by atoms with Crippen LogP contribution in [0.2, 0.25) is 0 Å². The molecule has 0 radical (unpaired) electrons. The lowest BCUT2D eigenvalue weighted by molar-refractivity contribution is 0.199. The van der Waals surface area contributed by atoms with Gasteiger partial charge in [0.15, 0.2) is 0 Å². The topological polar surface area (TPSA) is 74.5 Å². The molecule has 1 aromatic heterocycles. The first-order valence-electron chi connectivity index (χ1n) is 7.60. The number of amides is 2. The minimum atomic E-state index is -0.264. The van der Waals surface area contributed by atoms with Crippen LogP contribution in [0.1, 0.15) is 38.1 Å². The fourth-order valence-corrected chi connectivity index (χ4v) is 2.42. The smallest absolute Gasteiger partial charge is 0.315 e. The average molecular weight is 304 g/mol. The van der Waals surface area contributed by atoms with Crippen molar-refractivity contribution < 1.29 is 14.3 Å². The number of aliphatic hydroxyl groups is 1. The summed E-state index contributed by atoms with van der Waals surface area (Å²) in [7, 11) is 0. The zero-order chi connectivity index (χ0) is 16.3. The van der Waals surface area contributed by atoms with E-state index in [0.717, 1.165) is 22.3 Å². The lowest BCUT2D eigenvalue weighted by Crippen LogP contribution is -2.44. The predicted octanol–water partition coefficient (Wildman–Crippen LogP) is 3.12. The Labute approximate surface area is 130 Å². The first-order chi connectivity index (χ1) is 10.4. The van der Waals surface area contributed by atoms with Crippen molar-refractivity contribution in [3.05, 3.63) is 35.6 Å². The predicted molar refractivity (Wildman–Crippen MR) is 86.7 cm³/mol. The summed E-state index contributed by atoms with van der Waals surface area (Å²) in [4.78, 5) is 12.0. The van der Waals surface area contributed by atoms with E-state index >= 15 is 0 Å². The summed E-state index contributed by atoms with van der Waals surface area (Å²) in [6.07, 6.45) is 0. The Bertz CT molecular complexity index is 650. The number of benzene rings is 1. The summed E-state index contributed by atoms with van der Waals surface area (Å²) >= 11 is 0. The van der Waals surface area contributed by atoms with Crippen LogP contribution in [0, 0.1) is 12.8 Å². The van der Waals surface area contributed by atoms with Gasteiger partial charge in [0.1, 0.15) is 11.3 Å². The van der Waals surface area contributed by atoms with Crippen LogP contribution in [0.25, 0.3) is 11.0 Å². The normalized spacial score (nSPS) is 15.3. The van der Waals surface area contributed by atoms with Crippen molar-refractivity contribution >= 4 is 17.0 Å². The molecule has 5 nitrogen and oxygen atoms in total. The number of urea groups is 1. The van der Waals surface area contributed by atoms with Crippen LogP contribution >= 0.6 is 0 Å². The van der Waals surface area contributed by atoms with Crippen LogP contribution in [0.4, 0.5) is 4.79 Å². The lowest BCUT2D eigenvalue weighted by Gasteiger charge is -2.21. The van der Waals surface area contributed by atoms with Gasteiger partial charge in [0.25, 0.3) is 0 Å². The Morgan fingerprint density at radius 1 is 1.23 bits per heavy atom. The molecule has 22 heavy (non-hydrogen) atoms. The highest BCUT2D eigenvalue weighted by molar-refractivity contribution is 5.82. The van der Waals surface area contributed by atoms with Gasteiger partial charge >= 0.3 is 6.03 Å². The standard InChI is InChI=1S/C17H24N2O3/c1-10(9-20)12(3)18-17(21)19-13(4)16-11(2)14-7-5-6-8-15(14)22-16/h5-8,10,12-13,20H,9H2,1-4H3,(H2,18,19,21). The number of para-hydroxylation sites is 1. The molecule has 2 rings (SSSR count). The number of hydrogen-bond acceptors (Lipinski definition) is 3. The first kappa shape index (κ1) is 16.4. The number of rotatable bonds is 5. The van der Waals surface area contributed by atoms with Gasteiger partial charge in [-0.05, 0) is 32.8 Å². The molecule has 120 valence electrons. The molecule has 0 aliphatic rings. The molecular weight excluding hydrogens is 280 g/mol. The second-order valence-corrected chi connectivity index (χ2v) is 5.88. The van der Waals surface area contributed by atoms with E-state index in [-0.39, 0.29) is 30.6 Å². The van der Waals surface area contributed by atoms with E-state index in [2.05, 4.69) is 10.6 Å². The van der Waals surface area contributed by atoms with E-state index in [1.54, 1.807) is 0 Å². The molecule has 0 bridgehead atoms. The molecule has 0 fully saturated rings. The largest absolute Gasteiger partial charge is 0.459 e. The molecule has 3 N–H and O–H groups in total. The van der Waals surface area contributed by atoms with Gasteiger partial charge in [0.05, 0.1) is 6.04 Å². The third-order valence-electron chi connectivity index (χ3n) is 4.12. The van der Waals surface area contributed by atoms with Gasteiger partial charge in [-0.15, -0.1) is 0 Å². The number of carbonyl (C=O) groups excluding carboxylic acids is 1. The number of fused-ring (bicyclic) bond motifs is 1.